The summed E-state index contributed by atoms with van der Waals surface area (Å²) in [5.41, 5.74) is 1.75. The number of phenolic OH excluding ortho intramolecular Hbond substituents is 1. The molecule has 17 heavy (non-hydrogen) atoms. The molecule has 0 bridgehead atoms. The first kappa shape index (κ1) is 12.4. The zero-order valence-electron chi connectivity index (χ0n) is 11.1. The third-order valence-corrected chi connectivity index (χ3v) is 4.12. The number of aromatic hydroxyl groups is 1. The van der Waals surface area contributed by atoms with E-state index in [0.717, 1.165) is 13.0 Å². The van der Waals surface area contributed by atoms with Gasteiger partial charge in [-0.05, 0) is 48.9 Å². The average Bonchev–Trinajstić information content (AvgIpc) is 2.70. The summed E-state index contributed by atoms with van der Waals surface area (Å²) in [6, 6.07) is 7.62. The quantitative estimate of drug-likeness (QED) is 0.822. The maximum Gasteiger partial charge on any atom is 0.115 e. The number of rotatable bonds is 2. The Labute approximate surface area is 104 Å². The van der Waals surface area contributed by atoms with Gasteiger partial charge in [0.1, 0.15) is 5.75 Å². The first-order valence-corrected chi connectivity index (χ1v) is 6.46. The second-order valence-electron chi connectivity index (χ2n) is 6.21. The second kappa shape index (κ2) is 4.34. The van der Waals surface area contributed by atoms with E-state index < -0.39 is 0 Å². The molecule has 1 atom stereocenters. The van der Waals surface area contributed by atoms with Crippen LogP contribution in [0.2, 0.25) is 0 Å². The molecule has 1 aromatic rings. The largest absolute Gasteiger partial charge is 0.508 e. The molecular formula is C15H23NO. The van der Waals surface area contributed by atoms with Crippen LogP contribution in [0.3, 0.4) is 0 Å². The maximum absolute atomic E-state index is 9.33. The number of hydrogen-bond donors (Lipinski definition) is 2. The molecule has 2 heteroatoms. The van der Waals surface area contributed by atoms with E-state index in [2.05, 4.69) is 26.1 Å². The second-order valence-corrected chi connectivity index (χ2v) is 6.21. The van der Waals surface area contributed by atoms with Crippen molar-refractivity contribution < 1.29 is 5.11 Å². The van der Waals surface area contributed by atoms with Crippen LogP contribution in [0.4, 0.5) is 0 Å². The number of hydrogen-bond acceptors (Lipinski definition) is 2. The molecule has 2 nitrogen and oxygen atoms in total. The van der Waals surface area contributed by atoms with Gasteiger partial charge in [-0.1, -0.05) is 32.9 Å². The van der Waals surface area contributed by atoms with Crippen LogP contribution in [0.5, 0.6) is 5.75 Å². The van der Waals surface area contributed by atoms with Crippen molar-refractivity contribution in [1.29, 1.82) is 0 Å². The molecule has 0 amide bonds. The molecule has 94 valence electrons. The van der Waals surface area contributed by atoms with Gasteiger partial charge >= 0.3 is 0 Å². The molecule has 2 N–H and O–H groups in total. The Kier molecular flexibility index (Phi) is 3.17. The molecule has 0 spiro atoms. The SMILES string of the molecule is CC(C)(C)C1(Cc2ccc(O)cc2)CCCN1. The molecule has 1 aromatic carbocycles. The van der Waals surface area contributed by atoms with Crippen molar-refractivity contribution >= 4 is 0 Å². The highest BCUT2D eigenvalue weighted by Crippen LogP contribution is 2.39. The lowest BCUT2D eigenvalue weighted by atomic mass is 9.69. The lowest BCUT2D eigenvalue weighted by Gasteiger charge is -2.42. The number of phenols is 1. The maximum atomic E-state index is 9.33. The minimum absolute atomic E-state index is 0.198. The smallest absolute Gasteiger partial charge is 0.115 e. The zero-order chi connectivity index (χ0) is 12.5. The fourth-order valence-corrected chi connectivity index (χ4v) is 2.82. The Hall–Kier alpha value is -1.02. The minimum Gasteiger partial charge on any atom is -0.508 e. The van der Waals surface area contributed by atoms with Crippen LogP contribution in [0.25, 0.3) is 0 Å². The van der Waals surface area contributed by atoms with Crippen LogP contribution in [0.15, 0.2) is 24.3 Å². The fourth-order valence-electron chi connectivity index (χ4n) is 2.82. The van der Waals surface area contributed by atoms with Crippen LogP contribution in [-0.2, 0) is 6.42 Å². The molecule has 0 radical (unpaired) electrons. The third kappa shape index (κ3) is 2.47. The molecule has 1 fully saturated rings. The summed E-state index contributed by atoms with van der Waals surface area (Å²) in [7, 11) is 0. The normalized spacial score (nSPS) is 25.1. The highest BCUT2D eigenvalue weighted by molar-refractivity contribution is 5.28. The van der Waals surface area contributed by atoms with Gasteiger partial charge in [0.15, 0.2) is 0 Å². The van der Waals surface area contributed by atoms with Gasteiger partial charge in [-0.25, -0.2) is 0 Å². The van der Waals surface area contributed by atoms with Crippen molar-refractivity contribution in [2.75, 3.05) is 6.54 Å². The predicted molar refractivity (Wildman–Crippen MR) is 71.2 cm³/mol. The summed E-state index contributed by atoms with van der Waals surface area (Å²) in [5, 5.41) is 13.0. The molecule has 0 aromatic heterocycles. The lowest BCUT2D eigenvalue weighted by Crippen LogP contribution is -2.52. The van der Waals surface area contributed by atoms with Crippen LogP contribution in [0, 0.1) is 5.41 Å². The van der Waals surface area contributed by atoms with E-state index in [1.54, 1.807) is 12.1 Å². The van der Waals surface area contributed by atoms with E-state index in [1.807, 2.05) is 12.1 Å². The van der Waals surface area contributed by atoms with Crippen LogP contribution < -0.4 is 5.32 Å². The average molecular weight is 233 g/mol. The highest BCUT2D eigenvalue weighted by Gasteiger charge is 2.43. The summed E-state index contributed by atoms with van der Waals surface area (Å²) >= 11 is 0. The van der Waals surface area contributed by atoms with E-state index in [-0.39, 0.29) is 11.0 Å². The van der Waals surface area contributed by atoms with Crippen LogP contribution >= 0.6 is 0 Å². The predicted octanol–water partition coefficient (Wildman–Crippen LogP) is 3.10. The van der Waals surface area contributed by atoms with Gasteiger partial charge < -0.3 is 10.4 Å². The molecule has 1 aliphatic heterocycles. The van der Waals surface area contributed by atoms with E-state index in [4.69, 9.17) is 0 Å². The number of benzene rings is 1. The number of nitrogens with one attached hydrogen (secondary N) is 1. The van der Waals surface area contributed by atoms with Gasteiger partial charge in [-0.2, -0.15) is 0 Å². The first-order chi connectivity index (χ1) is 7.93. The lowest BCUT2D eigenvalue weighted by molar-refractivity contribution is 0.159. The fraction of sp³-hybridized carbons (Fsp3) is 0.600. The van der Waals surface area contributed by atoms with E-state index in [9.17, 15) is 5.11 Å². The molecule has 1 unspecified atom stereocenters. The molecule has 0 aliphatic carbocycles. The summed E-state index contributed by atoms with van der Waals surface area (Å²) in [6.07, 6.45) is 3.53. The van der Waals surface area contributed by atoms with E-state index in [1.165, 1.54) is 18.4 Å². The Balaban J connectivity index is 2.22. The zero-order valence-corrected chi connectivity index (χ0v) is 11.1. The summed E-state index contributed by atoms with van der Waals surface area (Å²) in [5.74, 6) is 0.345. The Morgan fingerprint density at radius 1 is 1.24 bits per heavy atom. The molecular weight excluding hydrogens is 210 g/mol. The summed E-state index contributed by atoms with van der Waals surface area (Å²) < 4.78 is 0. The Morgan fingerprint density at radius 2 is 1.88 bits per heavy atom. The van der Waals surface area contributed by atoms with Crippen LogP contribution in [0.1, 0.15) is 39.2 Å². The molecule has 1 aliphatic rings. The molecule has 0 saturated carbocycles. The first-order valence-electron chi connectivity index (χ1n) is 6.46. The van der Waals surface area contributed by atoms with Crippen LogP contribution in [-0.4, -0.2) is 17.2 Å². The van der Waals surface area contributed by atoms with Gasteiger partial charge in [0.2, 0.25) is 0 Å². The van der Waals surface area contributed by atoms with Gasteiger partial charge in [0.25, 0.3) is 0 Å². The Morgan fingerprint density at radius 3 is 2.35 bits per heavy atom. The highest BCUT2D eigenvalue weighted by atomic mass is 16.3. The molecule has 2 rings (SSSR count). The summed E-state index contributed by atoms with van der Waals surface area (Å²) in [4.78, 5) is 0. The van der Waals surface area contributed by atoms with E-state index in [0.29, 0.717) is 5.75 Å². The van der Waals surface area contributed by atoms with Crippen molar-refractivity contribution in [2.45, 2.75) is 45.6 Å². The standard InChI is InChI=1S/C15H23NO/c1-14(2,3)15(9-4-10-16-15)11-12-5-7-13(17)8-6-12/h5-8,16-17H,4,9-11H2,1-3H3. The van der Waals surface area contributed by atoms with Crippen molar-refractivity contribution in [3.63, 3.8) is 0 Å². The van der Waals surface area contributed by atoms with Gasteiger partial charge in [-0.15, -0.1) is 0 Å². The third-order valence-electron chi connectivity index (χ3n) is 4.12. The van der Waals surface area contributed by atoms with Crippen molar-refractivity contribution in [2.24, 2.45) is 5.41 Å². The molecule has 1 saturated heterocycles. The van der Waals surface area contributed by atoms with Crippen molar-refractivity contribution in [3.8, 4) is 5.75 Å². The Bertz CT molecular complexity index is 369. The van der Waals surface area contributed by atoms with Gasteiger partial charge in [0, 0.05) is 5.54 Å². The monoisotopic (exact) mass is 233 g/mol. The topological polar surface area (TPSA) is 32.3 Å². The van der Waals surface area contributed by atoms with Gasteiger partial charge in [-0.3, -0.25) is 0 Å². The van der Waals surface area contributed by atoms with Gasteiger partial charge in [0.05, 0.1) is 0 Å². The molecule has 1 heterocycles. The van der Waals surface area contributed by atoms with E-state index >= 15 is 0 Å². The van der Waals surface area contributed by atoms with Crippen molar-refractivity contribution in [3.05, 3.63) is 29.8 Å². The van der Waals surface area contributed by atoms with Crippen molar-refractivity contribution in [1.82, 2.24) is 5.32 Å². The minimum atomic E-state index is 0.198. The summed E-state index contributed by atoms with van der Waals surface area (Å²) in [6.45, 7) is 8.05.